The minimum absolute atomic E-state index is 0.00429. The molecular weight excluding hydrogens is 264 g/mol. The van der Waals surface area contributed by atoms with E-state index >= 15 is 0 Å². The van der Waals surface area contributed by atoms with Crippen LogP contribution in [0.4, 0.5) is 11.4 Å². The molecule has 0 saturated carbocycles. The second-order valence-corrected chi connectivity index (χ2v) is 6.63. The minimum Gasteiger partial charge on any atom is -0.397 e. The fraction of sp³-hybridized carbons (Fsp3) is 0.562. The van der Waals surface area contributed by atoms with Gasteiger partial charge in [0, 0.05) is 44.8 Å². The number of piperazine rings is 1. The Morgan fingerprint density at radius 2 is 1.95 bits per heavy atom. The van der Waals surface area contributed by atoms with Crippen LogP contribution >= 0.6 is 0 Å². The van der Waals surface area contributed by atoms with Gasteiger partial charge in [-0.2, -0.15) is 0 Å². The molecule has 21 heavy (non-hydrogen) atoms. The summed E-state index contributed by atoms with van der Waals surface area (Å²) in [6.07, 6.45) is 0. The van der Waals surface area contributed by atoms with E-state index in [0.29, 0.717) is 5.56 Å². The maximum Gasteiger partial charge on any atom is 0.253 e. The Balaban J connectivity index is 2.31. The molecule has 1 aliphatic heterocycles. The van der Waals surface area contributed by atoms with E-state index in [2.05, 4.69) is 30.7 Å². The first-order valence-electron chi connectivity index (χ1n) is 7.30. The summed E-state index contributed by atoms with van der Waals surface area (Å²) in [5.41, 5.74) is 8.60. The molecule has 0 unspecified atom stereocenters. The Hall–Kier alpha value is -1.75. The lowest BCUT2D eigenvalue weighted by Gasteiger charge is -2.46. The van der Waals surface area contributed by atoms with Crippen molar-refractivity contribution in [2.75, 3.05) is 51.4 Å². The third-order valence-electron chi connectivity index (χ3n) is 4.34. The van der Waals surface area contributed by atoms with Crippen LogP contribution in [0.2, 0.25) is 0 Å². The highest BCUT2D eigenvalue weighted by Crippen LogP contribution is 2.30. The number of carbonyl (C=O) groups excluding carboxylic acids is 1. The normalized spacial score (nSPS) is 18.6. The average Bonchev–Trinajstić information content (AvgIpc) is 2.41. The van der Waals surface area contributed by atoms with Gasteiger partial charge in [-0.15, -0.1) is 0 Å². The van der Waals surface area contributed by atoms with Gasteiger partial charge in [0.05, 0.1) is 11.4 Å². The molecule has 1 aromatic rings. The molecule has 116 valence electrons. The Morgan fingerprint density at radius 3 is 2.52 bits per heavy atom. The van der Waals surface area contributed by atoms with E-state index in [1.165, 1.54) is 0 Å². The number of carbonyl (C=O) groups is 1. The fourth-order valence-electron chi connectivity index (χ4n) is 2.65. The fourth-order valence-corrected chi connectivity index (χ4v) is 2.65. The second kappa shape index (κ2) is 5.56. The first-order chi connectivity index (χ1) is 9.72. The van der Waals surface area contributed by atoms with Gasteiger partial charge in [0.1, 0.15) is 0 Å². The van der Waals surface area contributed by atoms with Gasteiger partial charge in [-0.3, -0.25) is 9.69 Å². The number of likely N-dealkylation sites (N-methyl/N-ethyl adjacent to an activating group) is 1. The first kappa shape index (κ1) is 15.6. The zero-order valence-electron chi connectivity index (χ0n) is 13.7. The van der Waals surface area contributed by atoms with Gasteiger partial charge in [0.25, 0.3) is 5.91 Å². The summed E-state index contributed by atoms with van der Waals surface area (Å²) in [5, 5.41) is 0. The molecule has 1 aromatic carbocycles. The number of nitrogens with zero attached hydrogens (tertiary/aromatic N) is 3. The Kier molecular flexibility index (Phi) is 4.14. The van der Waals surface area contributed by atoms with Crippen molar-refractivity contribution < 1.29 is 4.79 Å². The van der Waals surface area contributed by atoms with Gasteiger partial charge in [-0.25, -0.2) is 0 Å². The lowest BCUT2D eigenvalue weighted by molar-refractivity contribution is 0.0827. The van der Waals surface area contributed by atoms with Crippen LogP contribution in [0.15, 0.2) is 18.2 Å². The summed E-state index contributed by atoms with van der Waals surface area (Å²) < 4.78 is 0. The highest BCUT2D eigenvalue weighted by molar-refractivity contribution is 5.96. The van der Waals surface area contributed by atoms with Crippen molar-refractivity contribution >= 4 is 17.3 Å². The molecule has 0 aliphatic carbocycles. The molecule has 5 heteroatoms. The summed E-state index contributed by atoms with van der Waals surface area (Å²) in [5.74, 6) is 0.00429. The van der Waals surface area contributed by atoms with E-state index in [0.717, 1.165) is 31.0 Å². The standard InChI is InChI=1S/C16H26N4O/c1-16(2)11-20(9-8-19(16)5)14-10-12(6-7-13(14)17)15(21)18(3)4/h6-7,10H,8-9,11,17H2,1-5H3. The molecule has 2 N–H and O–H groups in total. The van der Waals surface area contributed by atoms with Crippen LogP contribution < -0.4 is 10.6 Å². The maximum atomic E-state index is 12.1. The van der Waals surface area contributed by atoms with Crippen LogP contribution in [-0.4, -0.2) is 62.0 Å². The lowest BCUT2D eigenvalue weighted by atomic mass is 9.98. The predicted octanol–water partition coefficient (Wildman–Crippen LogP) is 1.50. The van der Waals surface area contributed by atoms with E-state index in [9.17, 15) is 4.79 Å². The molecule has 1 aliphatic rings. The average molecular weight is 290 g/mol. The zero-order chi connectivity index (χ0) is 15.8. The number of hydrogen-bond donors (Lipinski definition) is 1. The summed E-state index contributed by atoms with van der Waals surface area (Å²) in [6.45, 7) is 7.25. The smallest absolute Gasteiger partial charge is 0.253 e. The number of anilines is 2. The number of nitrogen functional groups attached to an aromatic ring is 1. The maximum absolute atomic E-state index is 12.1. The van der Waals surface area contributed by atoms with Crippen LogP contribution in [0, 0.1) is 0 Å². The van der Waals surface area contributed by atoms with Crippen LogP contribution in [0.1, 0.15) is 24.2 Å². The van der Waals surface area contributed by atoms with Crippen LogP contribution in [0.25, 0.3) is 0 Å². The van der Waals surface area contributed by atoms with E-state index in [1.807, 2.05) is 12.1 Å². The first-order valence-corrected chi connectivity index (χ1v) is 7.30. The number of nitrogens with two attached hydrogens (primary N) is 1. The highest BCUT2D eigenvalue weighted by Gasteiger charge is 2.31. The molecular formula is C16H26N4O. The van der Waals surface area contributed by atoms with E-state index < -0.39 is 0 Å². The highest BCUT2D eigenvalue weighted by atomic mass is 16.2. The third-order valence-corrected chi connectivity index (χ3v) is 4.34. The van der Waals surface area contributed by atoms with Crippen molar-refractivity contribution in [1.82, 2.24) is 9.80 Å². The van der Waals surface area contributed by atoms with Gasteiger partial charge in [-0.05, 0) is 39.1 Å². The molecule has 0 spiro atoms. The SMILES string of the molecule is CN(C)C(=O)c1ccc(N)c(N2CCN(C)C(C)(C)C2)c1. The zero-order valence-corrected chi connectivity index (χ0v) is 13.7. The monoisotopic (exact) mass is 290 g/mol. The number of hydrogen-bond acceptors (Lipinski definition) is 4. The van der Waals surface area contributed by atoms with Gasteiger partial charge in [0.2, 0.25) is 0 Å². The van der Waals surface area contributed by atoms with Crippen LogP contribution in [0.5, 0.6) is 0 Å². The van der Waals surface area contributed by atoms with E-state index in [1.54, 1.807) is 25.1 Å². The minimum atomic E-state index is 0.00429. The van der Waals surface area contributed by atoms with Crippen LogP contribution in [-0.2, 0) is 0 Å². The predicted molar refractivity (Wildman–Crippen MR) is 87.8 cm³/mol. The van der Waals surface area contributed by atoms with Gasteiger partial charge < -0.3 is 15.5 Å². The van der Waals surface area contributed by atoms with Crippen LogP contribution in [0.3, 0.4) is 0 Å². The Labute approximate surface area is 127 Å². The topological polar surface area (TPSA) is 52.8 Å². The molecule has 1 fully saturated rings. The lowest BCUT2D eigenvalue weighted by Crippen LogP contribution is -2.57. The molecule has 1 amide bonds. The van der Waals surface area contributed by atoms with Gasteiger partial charge in [0.15, 0.2) is 0 Å². The quantitative estimate of drug-likeness (QED) is 0.839. The van der Waals surface area contributed by atoms with Gasteiger partial charge >= 0.3 is 0 Å². The second-order valence-electron chi connectivity index (χ2n) is 6.63. The van der Waals surface area contributed by atoms with Crippen molar-refractivity contribution in [1.29, 1.82) is 0 Å². The van der Waals surface area contributed by atoms with Crippen molar-refractivity contribution in [2.45, 2.75) is 19.4 Å². The van der Waals surface area contributed by atoms with E-state index in [-0.39, 0.29) is 11.4 Å². The van der Waals surface area contributed by atoms with Crippen molar-refractivity contribution in [3.63, 3.8) is 0 Å². The summed E-state index contributed by atoms with van der Waals surface area (Å²) >= 11 is 0. The van der Waals surface area contributed by atoms with E-state index in [4.69, 9.17) is 5.73 Å². The molecule has 0 radical (unpaired) electrons. The largest absolute Gasteiger partial charge is 0.397 e. The molecule has 0 aromatic heterocycles. The summed E-state index contributed by atoms with van der Waals surface area (Å²) in [4.78, 5) is 18.4. The number of benzene rings is 1. The number of rotatable bonds is 2. The summed E-state index contributed by atoms with van der Waals surface area (Å²) in [6, 6.07) is 5.54. The third kappa shape index (κ3) is 3.13. The number of amides is 1. The Morgan fingerprint density at radius 1 is 1.29 bits per heavy atom. The molecule has 1 saturated heterocycles. The van der Waals surface area contributed by atoms with Crippen molar-refractivity contribution in [3.8, 4) is 0 Å². The summed E-state index contributed by atoms with van der Waals surface area (Å²) in [7, 11) is 5.67. The molecule has 0 atom stereocenters. The molecule has 0 bridgehead atoms. The Bertz CT molecular complexity index is 539. The molecule has 5 nitrogen and oxygen atoms in total. The molecule has 1 heterocycles. The van der Waals surface area contributed by atoms with Crippen molar-refractivity contribution in [3.05, 3.63) is 23.8 Å². The molecule has 2 rings (SSSR count). The van der Waals surface area contributed by atoms with Gasteiger partial charge in [-0.1, -0.05) is 0 Å². The van der Waals surface area contributed by atoms with Crippen molar-refractivity contribution in [2.24, 2.45) is 0 Å².